The fourth-order valence-corrected chi connectivity index (χ4v) is 1.50. The van der Waals surface area contributed by atoms with E-state index in [1.54, 1.807) is 18.0 Å². The monoisotopic (exact) mass is 183 g/mol. The molecule has 0 spiro atoms. The largest absolute Gasteiger partial charge is 0.395 e. The van der Waals surface area contributed by atoms with Gasteiger partial charge in [-0.05, 0) is 12.1 Å². The molecule has 0 bridgehead atoms. The van der Waals surface area contributed by atoms with Gasteiger partial charge in [-0.25, -0.2) is 0 Å². The summed E-state index contributed by atoms with van der Waals surface area (Å²) in [6.45, 7) is 2.24. The molecule has 1 heterocycles. The summed E-state index contributed by atoms with van der Waals surface area (Å²) in [6.07, 6.45) is 1.79. The molecule has 0 aliphatic carbocycles. The Bertz CT molecular complexity index is 215. The molecule has 12 heavy (non-hydrogen) atoms. The van der Waals surface area contributed by atoms with Gasteiger partial charge >= 0.3 is 0 Å². The standard InChI is InChI=1S/C9H13NOS/c1-8(6-11)12-7-9-4-2-3-5-10-9/h2-5,8,11H,6-7H2,1H3. The van der Waals surface area contributed by atoms with Crippen molar-refractivity contribution in [2.75, 3.05) is 6.61 Å². The third kappa shape index (κ3) is 3.24. The van der Waals surface area contributed by atoms with E-state index in [1.165, 1.54) is 0 Å². The van der Waals surface area contributed by atoms with E-state index in [-0.39, 0.29) is 6.61 Å². The van der Waals surface area contributed by atoms with Crippen molar-refractivity contribution in [2.45, 2.75) is 17.9 Å². The molecule has 0 aliphatic heterocycles. The second-order valence-electron chi connectivity index (χ2n) is 2.63. The van der Waals surface area contributed by atoms with Crippen LogP contribution in [0.2, 0.25) is 0 Å². The minimum atomic E-state index is 0.234. The number of thioether (sulfide) groups is 1. The van der Waals surface area contributed by atoms with E-state index in [9.17, 15) is 0 Å². The summed E-state index contributed by atoms with van der Waals surface area (Å²) in [5.74, 6) is 0.878. The Morgan fingerprint density at radius 3 is 3.00 bits per heavy atom. The Morgan fingerprint density at radius 2 is 2.42 bits per heavy atom. The van der Waals surface area contributed by atoms with Gasteiger partial charge < -0.3 is 5.11 Å². The minimum Gasteiger partial charge on any atom is -0.395 e. The first-order chi connectivity index (χ1) is 5.83. The van der Waals surface area contributed by atoms with E-state index in [4.69, 9.17) is 5.11 Å². The summed E-state index contributed by atoms with van der Waals surface area (Å²) >= 11 is 1.72. The number of aliphatic hydroxyl groups is 1. The van der Waals surface area contributed by atoms with Crippen LogP contribution in [0.5, 0.6) is 0 Å². The van der Waals surface area contributed by atoms with E-state index >= 15 is 0 Å². The molecule has 0 fully saturated rings. The lowest BCUT2D eigenvalue weighted by molar-refractivity contribution is 0.300. The highest BCUT2D eigenvalue weighted by atomic mass is 32.2. The van der Waals surface area contributed by atoms with Crippen molar-refractivity contribution in [3.63, 3.8) is 0 Å². The molecule has 1 aromatic rings. The average molecular weight is 183 g/mol. The van der Waals surface area contributed by atoms with Crippen LogP contribution in [0.4, 0.5) is 0 Å². The van der Waals surface area contributed by atoms with Gasteiger partial charge in [0, 0.05) is 17.2 Å². The quantitative estimate of drug-likeness (QED) is 0.771. The van der Waals surface area contributed by atoms with Crippen LogP contribution in [-0.4, -0.2) is 21.9 Å². The van der Waals surface area contributed by atoms with Crippen molar-refractivity contribution in [3.8, 4) is 0 Å². The van der Waals surface area contributed by atoms with Gasteiger partial charge in [0.25, 0.3) is 0 Å². The van der Waals surface area contributed by atoms with Crippen LogP contribution in [-0.2, 0) is 5.75 Å². The number of rotatable bonds is 4. The highest BCUT2D eigenvalue weighted by molar-refractivity contribution is 7.99. The first-order valence-electron chi connectivity index (χ1n) is 3.95. The van der Waals surface area contributed by atoms with Crippen molar-refractivity contribution < 1.29 is 5.11 Å². The predicted octanol–water partition coefficient (Wildman–Crippen LogP) is 1.70. The number of aromatic nitrogens is 1. The van der Waals surface area contributed by atoms with Crippen LogP contribution >= 0.6 is 11.8 Å². The molecule has 3 heteroatoms. The van der Waals surface area contributed by atoms with Gasteiger partial charge in [0.05, 0.1) is 12.3 Å². The topological polar surface area (TPSA) is 33.1 Å². The molecule has 0 saturated carbocycles. The Hall–Kier alpha value is -0.540. The molecular formula is C9H13NOS. The van der Waals surface area contributed by atoms with Crippen molar-refractivity contribution >= 4 is 11.8 Å². The van der Waals surface area contributed by atoms with Gasteiger partial charge in [0.1, 0.15) is 0 Å². The SMILES string of the molecule is CC(CO)SCc1ccccn1. The first kappa shape index (κ1) is 9.55. The van der Waals surface area contributed by atoms with Crippen molar-refractivity contribution in [1.29, 1.82) is 0 Å². The van der Waals surface area contributed by atoms with E-state index < -0.39 is 0 Å². The van der Waals surface area contributed by atoms with Gasteiger partial charge in [-0.3, -0.25) is 4.98 Å². The maximum Gasteiger partial charge on any atom is 0.0547 e. The number of nitrogens with zero attached hydrogens (tertiary/aromatic N) is 1. The molecule has 1 N–H and O–H groups in total. The summed E-state index contributed by atoms with van der Waals surface area (Å²) in [5.41, 5.74) is 1.07. The highest BCUT2D eigenvalue weighted by Gasteiger charge is 2.00. The van der Waals surface area contributed by atoms with E-state index in [0.717, 1.165) is 11.4 Å². The number of pyridine rings is 1. The Labute approximate surface area is 77.0 Å². The summed E-state index contributed by atoms with van der Waals surface area (Å²) in [5, 5.41) is 9.07. The van der Waals surface area contributed by atoms with Gasteiger partial charge in [-0.15, -0.1) is 0 Å². The molecule has 1 aromatic heterocycles. The lowest BCUT2D eigenvalue weighted by atomic mass is 10.4. The fourth-order valence-electron chi connectivity index (χ4n) is 0.764. The minimum absolute atomic E-state index is 0.234. The Balaban J connectivity index is 2.33. The zero-order valence-electron chi connectivity index (χ0n) is 7.10. The van der Waals surface area contributed by atoms with Crippen molar-refractivity contribution in [3.05, 3.63) is 30.1 Å². The number of hydrogen-bond acceptors (Lipinski definition) is 3. The van der Waals surface area contributed by atoms with Gasteiger partial charge in [0.2, 0.25) is 0 Å². The van der Waals surface area contributed by atoms with Crippen LogP contribution in [0.3, 0.4) is 0 Å². The second kappa shape index (κ2) is 5.17. The first-order valence-corrected chi connectivity index (χ1v) is 5.00. The molecular weight excluding hydrogens is 170 g/mol. The zero-order valence-corrected chi connectivity index (χ0v) is 7.92. The Kier molecular flexibility index (Phi) is 4.11. The van der Waals surface area contributed by atoms with Crippen molar-refractivity contribution in [2.24, 2.45) is 0 Å². The Morgan fingerprint density at radius 1 is 1.58 bits per heavy atom. The van der Waals surface area contributed by atoms with E-state index in [0.29, 0.717) is 5.25 Å². The molecule has 0 saturated heterocycles. The molecule has 66 valence electrons. The smallest absolute Gasteiger partial charge is 0.0547 e. The normalized spacial score (nSPS) is 12.8. The highest BCUT2D eigenvalue weighted by Crippen LogP contribution is 2.14. The average Bonchev–Trinajstić information content (AvgIpc) is 2.16. The third-order valence-electron chi connectivity index (χ3n) is 1.50. The molecule has 0 amide bonds. The molecule has 2 nitrogen and oxygen atoms in total. The van der Waals surface area contributed by atoms with E-state index in [2.05, 4.69) is 4.98 Å². The van der Waals surface area contributed by atoms with Gasteiger partial charge in [-0.2, -0.15) is 11.8 Å². The molecule has 1 rings (SSSR count). The van der Waals surface area contributed by atoms with Crippen LogP contribution in [0.25, 0.3) is 0 Å². The van der Waals surface area contributed by atoms with Crippen LogP contribution in [0, 0.1) is 0 Å². The lowest BCUT2D eigenvalue weighted by Crippen LogP contribution is -2.02. The second-order valence-corrected chi connectivity index (χ2v) is 4.05. The lowest BCUT2D eigenvalue weighted by Gasteiger charge is -2.05. The molecule has 0 aliphatic rings. The molecule has 0 aromatic carbocycles. The summed E-state index contributed by atoms with van der Waals surface area (Å²) in [6, 6.07) is 5.88. The van der Waals surface area contributed by atoms with Crippen LogP contribution in [0.1, 0.15) is 12.6 Å². The maximum absolute atomic E-state index is 8.77. The van der Waals surface area contributed by atoms with Crippen LogP contribution < -0.4 is 0 Å². The fraction of sp³-hybridized carbons (Fsp3) is 0.444. The predicted molar refractivity (Wildman–Crippen MR) is 52.1 cm³/mol. The van der Waals surface area contributed by atoms with Crippen molar-refractivity contribution in [1.82, 2.24) is 4.98 Å². The summed E-state index contributed by atoms with van der Waals surface area (Å²) in [7, 11) is 0. The zero-order chi connectivity index (χ0) is 8.81. The summed E-state index contributed by atoms with van der Waals surface area (Å²) < 4.78 is 0. The van der Waals surface area contributed by atoms with Gasteiger partial charge in [0.15, 0.2) is 0 Å². The van der Waals surface area contributed by atoms with E-state index in [1.807, 2.05) is 25.1 Å². The molecule has 0 radical (unpaired) electrons. The summed E-state index contributed by atoms with van der Waals surface area (Å²) in [4.78, 5) is 4.18. The van der Waals surface area contributed by atoms with Crippen LogP contribution in [0.15, 0.2) is 24.4 Å². The number of aliphatic hydroxyl groups excluding tert-OH is 1. The molecule has 1 atom stereocenters. The maximum atomic E-state index is 8.77. The third-order valence-corrected chi connectivity index (χ3v) is 2.68. The van der Waals surface area contributed by atoms with Gasteiger partial charge in [-0.1, -0.05) is 13.0 Å². The molecule has 1 unspecified atom stereocenters. The number of hydrogen-bond donors (Lipinski definition) is 1.